The molecule has 8 nitrogen and oxygen atoms in total. The van der Waals surface area contributed by atoms with Crippen LogP contribution in [0.2, 0.25) is 0 Å². The van der Waals surface area contributed by atoms with Gasteiger partial charge in [-0.25, -0.2) is 5.10 Å². The summed E-state index contributed by atoms with van der Waals surface area (Å²) in [5.41, 5.74) is 1.98. The van der Waals surface area contributed by atoms with Crippen LogP contribution in [0.1, 0.15) is 10.5 Å². The first-order valence-electron chi connectivity index (χ1n) is 5.49. The summed E-state index contributed by atoms with van der Waals surface area (Å²) in [5, 5.41) is 22.0. The molecule has 1 aromatic carbocycles. The predicted octanol–water partition coefficient (Wildman–Crippen LogP) is 0.842. The van der Waals surface area contributed by atoms with E-state index in [1.54, 1.807) is 6.07 Å². The Bertz CT molecular complexity index is 674. The van der Waals surface area contributed by atoms with Crippen LogP contribution in [0.4, 0.5) is 5.95 Å². The van der Waals surface area contributed by atoms with Crippen molar-refractivity contribution in [3.05, 3.63) is 42.1 Å². The number of aromatic nitrogens is 6. The molecule has 0 spiro atoms. The van der Waals surface area contributed by atoms with Gasteiger partial charge >= 0.3 is 0 Å². The van der Waals surface area contributed by atoms with E-state index in [2.05, 4.69) is 36.1 Å². The summed E-state index contributed by atoms with van der Waals surface area (Å²) in [6.45, 7) is 0. The average Bonchev–Trinajstić information content (AvgIpc) is 3.10. The van der Waals surface area contributed by atoms with Gasteiger partial charge in [-0.1, -0.05) is 35.4 Å². The largest absolute Gasteiger partial charge is 0.288 e. The Morgan fingerprint density at radius 2 is 2.00 bits per heavy atom. The van der Waals surface area contributed by atoms with Crippen molar-refractivity contribution < 1.29 is 4.79 Å². The third-order valence-corrected chi connectivity index (χ3v) is 2.47. The van der Waals surface area contributed by atoms with Crippen molar-refractivity contribution in [3.8, 4) is 11.3 Å². The van der Waals surface area contributed by atoms with Gasteiger partial charge in [-0.15, -0.1) is 0 Å². The van der Waals surface area contributed by atoms with Crippen LogP contribution in [0.25, 0.3) is 11.3 Å². The second-order valence-corrected chi connectivity index (χ2v) is 3.74. The average molecular weight is 255 g/mol. The van der Waals surface area contributed by atoms with Crippen LogP contribution in [0.15, 0.2) is 36.4 Å². The normalized spacial score (nSPS) is 10.3. The van der Waals surface area contributed by atoms with Crippen molar-refractivity contribution in [2.75, 3.05) is 5.32 Å². The van der Waals surface area contributed by atoms with E-state index in [4.69, 9.17) is 0 Å². The van der Waals surface area contributed by atoms with Crippen LogP contribution in [-0.2, 0) is 0 Å². The molecule has 3 N–H and O–H groups in total. The Kier molecular flexibility index (Phi) is 2.73. The molecule has 0 aliphatic heterocycles. The first-order valence-corrected chi connectivity index (χ1v) is 5.49. The van der Waals surface area contributed by atoms with Crippen molar-refractivity contribution in [2.24, 2.45) is 0 Å². The highest BCUT2D eigenvalue weighted by Gasteiger charge is 2.12. The van der Waals surface area contributed by atoms with Gasteiger partial charge in [-0.05, 0) is 22.1 Å². The molecule has 3 rings (SSSR count). The standard InChI is InChI=1S/C11H9N7O/c19-10(12-11-15-17-18-16-11)9-6-8(13-14-9)7-4-2-1-3-5-7/h1-6H,(H,13,14)(H2,12,15,16,17,18,19). The van der Waals surface area contributed by atoms with Gasteiger partial charge in [-0.2, -0.15) is 5.10 Å². The zero-order valence-electron chi connectivity index (χ0n) is 9.66. The van der Waals surface area contributed by atoms with E-state index in [1.165, 1.54) is 0 Å². The summed E-state index contributed by atoms with van der Waals surface area (Å²) in [7, 11) is 0. The molecule has 8 heteroatoms. The van der Waals surface area contributed by atoms with Gasteiger partial charge in [0.05, 0.1) is 5.69 Å². The Labute approximate surface area is 107 Å². The number of aromatic amines is 2. The molecule has 0 fully saturated rings. The summed E-state index contributed by atoms with van der Waals surface area (Å²) < 4.78 is 0. The monoisotopic (exact) mass is 255 g/mol. The van der Waals surface area contributed by atoms with E-state index in [9.17, 15) is 4.79 Å². The second-order valence-electron chi connectivity index (χ2n) is 3.74. The smallest absolute Gasteiger partial charge is 0.278 e. The fourth-order valence-electron chi connectivity index (χ4n) is 1.59. The van der Waals surface area contributed by atoms with Crippen molar-refractivity contribution in [2.45, 2.75) is 0 Å². The third-order valence-electron chi connectivity index (χ3n) is 2.47. The van der Waals surface area contributed by atoms with Gasteiger partial charge < -0.3 is 0 Å². The SMILES string of the molecule is O=C(Nc1nnn[nH]1)c1cc(-c2ccccc2)[nH]n1. The molecule has 0 radical (unpaired) electrons. The van der Waals surface area contributed by atoms with Crippen molar-refractivity contribution in [3.63, 3.8) is 0 Å². The van der Waals surface area contributed by atoms with E-state index in [0.29, 0.717) is 0 Å². The Morgan fingerprint density at radius 1 is 1.16 bits per heavy atom. The maximum Gasteiger partial charge on any atom is 0.278 e. The van der Waals surface area contributed by atoms with Crippen LogP contribution in [0.5, 0.6) is 0 Å². The molecule has 0 aliphatic carbocycles. The van der Waals surface area contributed by atoms with Crippen LogP contribution in [0.3, 0.4) is 0 Å². The number of hydrogen-bond acceptors (Lipinski definition) is 5. The molecule has 0 saturated heterocycles. The van der Waals surface area contributed by atoms with Crippen molar-refractivity contribution in [1.29, 1.82) is 0 Å². The van der Waals surface area contributed by atoms with E-state index in [-0.39, 0.29) is 11.6 Å². The number of nitrogens with zero attached hydrogens (tertiary/aromatic N) is 4. The third kappa shape index (κ3) is 2.32. The molecule has 0 atom stereocenters. The minimum Gasteiger partial charge on any atom is -0.288 e. The highest BCUT2D eigenvalue weighted by molar-refractivity contribution is 6.02. The topological polar surface area (TPSA) is 112 Å². The molecular weight excluding hydrogens is 246 g/mol. The maximum atomic E-state index is 11.8. The zero-order chi connectivity index (χ0) is 13.1. The molecule has 2 aromatic heterocycles. The van der Waals surface area contributed by atoms with Gasteiger partial charge in [-0.3, -0.25) is 15.2 Å². The Hall–Kier alpha value is -3.03. The summed E-state index contributed by atoms with van der Waals surface area (Å²) in [6.07, 6.45) is 0. The van der Waals surface area contributed by atoms with Gasteiger partial charge in [0, 0.05) is 0 Å². The first kappa shape index (κ1) is 11.1. The van der Waals surface area contributed by atoms with E-state index in [1.807, 2.05) is 30.3 Å². The van der Waals surface area contributed by atoms with Crippen molar-refractivity contribution >= 4 is 11.9 Å². The summed E-state index contributed by atoms with van der Waals surface area (Å²) >= 11 is 0. The molecule has 1 amide bonds. The highest BCUT2D eigenvalue weighted by Crippen LogP contribution is 2.17. The predicted molar refractivity (Wildman–Crippen MR) is 66.2 cm³/mol. The number of benzene rings is 1. The summed E-state index contributed by atoms with van der Waals surface area (Å²) in [4.78, 5) is 11.8. The van der Waals surface area contributed by atoms with Crippen LogP contribution in [-0.4, -0.2) is 36.7 Å². The summed E-state index contributed by atoms with van der Waals surface area (Å²) in [6, 6.07) is 11.3. The quantitative estimate of drug-likeness (QED) is 0.642. The fourth-order valence-corrected chi connectivity index (χ4v) is 1.59. The lowest BCUT2D eigenvalue weighted by atomic mass is 10.1. The van der Waals surface area contributed by atoms with Crippen LogP contribution >= 0.6 is 0 Å². The fraction of sp³-hybridized carbons (Fsp3) is 0. The number of carbonyl (C=O) groups is 1. The van der Waals surface area contributed by atoms with Crippen molar-refractivity contribution in [1.82, 2.24) is 30.8 Å². The van der Waals surface area contributed by atoms with Gasteiger partial charge in [0.25, 0.3) is 5.91 Å². The number of tetrazole rings is 1. The zero-order valence-corrected chi connectivity index (χ0v) is 9.66. The highest BCUT2D eigenvalue weighted by atomic mass is 16.2. The lowest BCUT2D eigenvalue weighted by Crippen LogP contribution is -2.13. The molecule has 0 aliphatic rings. The Balaban J connectivity index is 1.80. The maximum absolute atomic E-state index is 11.8. The van der Waals surface area contributed by atoms with E-state index >= 15 is 0 Å². The number of anilines is 1. The number of amides is 1. The van der Waals surface area contributed by atoms with Crippen LogP contribution in [0, 0.1) is 0 Å². The number of nitrogens with one attached hydrogen (secondary N) is 3. The summed E-state index contributed by atoms with van der Waals surface area (Å²) in [5.74, 6) is -0.216. The minimum absolute atomic E-state index is 0.175. The van der Waals surface area contributed by atoms with Gasteiger partial charge in [0.15, 0.2) is 5.69 Å². The van der Waals surface area contributed by atoms with E-state index < -0.39 is 5.91 Å². The number of hydrogen-bond donors (Lipinski definition) is 3. The molecular formula is C11H9N7O. The van der Waals surface area contributed by atoms with E-state index in [0.717, 1.165) is 11.3 Å². The lowest BCUT2D eigenvalue weighted by molar-refractivity contribution is 0.102. The number of carbonyl (C=O) groups excluding carboxylic acids is 1. The lowest BCUT2D eigenvalue weighted by Gasteiger charge is -1.95. The number of rotatable bonds is 3. The Morgan fingerprint density at radius 3 is 2.74 bits per heavy atom. The molecule has 0 bridgehead atoms. The van der Waals surface area contributed by atoms with Gasteiger partial charge in [0.1, 0.15) is 0 Å². The molecule has 0 unspecified atom stereocenters. The molecule has 0 saturated carbocycles. The second kappa shape index (κ2) is 4.69. The molecule has 3 aromatic rings. The molecule has 94 valence electrons. The van der Waals surface area contributed by atoms with Gasteiger partial charge in [0.2, 0.25) is 5.95 Å². The molecule has 19 heavy (non-hydrogen) atoms. The first-order chi connectivity index (χ1) is 9.33. The van der Waals surface area contributed by atoms with Crippen LogP contribution < -0.4 is 5.32 Å². The number of H-pyrrole nitrogens is 2. The molecule has 2 heterocycles. The minimum atomic E-state index is -0.392.